The Kier molecular flexibility index (Phi) is 3.07. The van der Waals surface area contributed by atoms with Crippen LogP contribution < -0.4 is 0 Å². The normalized spacial score (nSPS) is 14.5. The summed E-state index contributed by atoms with van der Waals surface area (Å²) in [5, 5.41) is 8.27. The first-order valence-corrected chi connectivity index (χ1v) is 7.53. The van der Waals surface area contributed by atoms with Crippen molar-refractivity contribution in [1.82, 2.24) is 25.0 Å². The van der Waals surface area contributed by atoms with Crippen molar-refractivity contribution in [3.63, 3.8) is 0 Å². The van der Waals surface area contributed by atoms with Crippen LogP contribution in [0.4, 0.5) is 0 Å². The molecule has 3 aromatic rings. The molecule has 0 aromatic carbocycles. The highest BCUT2D eigenvalue weighted by atomic mass is 79.9. The van der Waals surface area contributed by atoms with Gasteiger partial charge in [-0.05, 0) is 34.8 Å². The fourth-order valence-electron chi connectivity index (χ4n) is 2.15. The number of halogens is 1. The summed E-state index contributed by atoms with van der Waals surface area (Å²) in [6, 6.07) is 1.96. The van der Waals surface area contributed by atoms with Crippen molar-refractivity contribution in [2.24, 2.45) is 0 Å². The smallest absolute Gasteiger partial charge is 0.216 e. The van der Waals surface area contributed by atoms with Crippen molar-refractivity contribution in [1.29, 1.82) is 0 Å². The minimum Gasteiger partial charge on any atom is -0.443 e. The summed E-state index contributed by atoms with van der Waals surface area (Å²) < 4.78 is 8.36. The minimum atomic E-state index is 0.487. The number of hydrogen-bond donors (Lipinski definition) is 0. The molecular weight excluding hydrogens is 334 g/mol. The van der Waals surface area contributed by atoms with Crippen LogP contribution in [0.15, 0.2) is 39.7 Å². The molecule has 0 spiro atoms. The van der Waals surface area contributed by atoms with Crippen LogP contribution in [0.5, 0.6) is 0 Å². The van der Waals surface area contributed by atoms with Gasteiger partial charge in [-0.1, -0.05) is 5.21 Å². The Hall–Kier alpha value is -2.02. The monoisotopic (exact) mass is 345 g/mol. The van der Waals surface area contributed by atoms with Gasteiger partial charge in [0.2, 0.25) is 5.89 Å². The van der Waals surface area contributed by atoms with Gasteiger partial charge in [0, 0.05) is 28.3 Å². The Bertz CT molecular complexity index is 777. The fraction of sp³-hybridized carbons (Fsp3) is 0.286. The van der Waals surface area contributed by atoms with Crippen LogP contribution in [0.1, 0.15) is 30.4 Å². The average molecular weight is 346 g/mol. The van der Waals surface area contributed by atoms with Crippen molar-refractivity contribution in [2.75, 3.05) is 0 Å². The summed E-state index contributed by atoms with van der Waals surface area (Å²) in [5.41, 5.74) is 1.69. The van der Waals surface area contributed by atoms with E-state index in [1.54, 1.807) is 17.1 Å². The number of nitrogens with zero attached hydrogens (tertiary/aromatic N) is 5. The van der Waals surface area contributed by atoms with E-state index < -0.39 is 0 Å². The van der Waals surface area contributed by atoms with Crippen LogP contribution in [0.25, 0.3) is 11.3 Å². The second-order valence-corrected chi connectivity index (χ2v) is 6.04. The predicted octanol–water partition coefficient (Wildman–Crippen LogP) is 3.02. The third-order valence-electron chi connectivity index (χ3n) is 3.39. The van der Waals surface area contributed by atoms with Gasteiger partial charge in [-0.3, -0.25) is 4.98 Å². The third-order valence-corrected chi connectivity index (χ3v) is 3.82. The fourth-order valence-corrected chi connectivity index (χ4v) is 2.52. The summed E-state index contributed by atoms with van der Waals surface area (Å²) in [6.45, 7) is 0.487. The van der Waals surface area contributed by atoms with Crippen LogP contribution in [0, 0.1) is 0 Å². The molecule has 0 saturated heterocycles. The zero-order valence-electron chi connectivity index (χ0n) is 11.1. The molecular formula is C14H12BrN5O. The van der Waals surface area contributed by atoms with Crippen molar-refractivity contribution in [2.45, 2.75) is 25.3 Å². The first kappa shape index (κ1) is 12.7. The van der Waals surface area contributed by atoms with Gasteiger partial charge in [-0.15, -0.1) is 5.10 Å². The Morgan fingerprint density at radius 2 is 2.19 bits per heavy atom. The zero-order valence-corrected chi connectivity index (χ0v) is 12.7. The van der Waals surface area contributed by atoms with Gasteiger partial charge >= 0.3 is 0 Å². The molecule has 4 rings (SSSR count). The molecule has 0 N–H and O–H groups in total. The molecule has 0 atom stereocenters. The van der Waals surface area contributed by atoms with Gasteiger partial charge < -0.3 is 4.42 Å². The van der Waals surface area contributed by atoms with Gasteiger partial charge in [-0.25, -0.2) is 9.67 Å². The topological polar surface area (TPSA) is 69.6 Å². The lowest BCUT2D eigenvalue weighted by Crippen LogP contribution is -2.00. The molecule has 1 fully saturated rings. The lowest BCUT2D eigenvalue weighted by atomic mass is 10.2. The summed E-state index contributed by atoms with van der Waals surface area (Å²) in [5.74, 6) is 2.23. The molecule has 21 heavy (non-hydrogen) atoms. The van der Waals surface area contributed by atoms with Crippen LogP contribution in [0.2, 0.25) is 0 Å². The summed E-state index contributed by atoms with van der Waals surface area (Å²) >= 11 is 3.40. The standard InChI is InChI=1S/C14H12BrN5O/c15-11-3-10(4-16-5-11)12-7-20(19-18-12)8-14-17-6-13(21-14)9-1-2-9/h3-7,9H,1-2,8H2. The molecule has 3 heterocycles. The summed E-state index contributed by atoms with van der Waals surface area (Å²) in [7, 11) is 0. The molecule has 3 aromatic heterocycles. The number of aromatic nitrogens is 5. The second kappa shape index (κ2) is 5.07. The van der Waals surface area contributed by atoms with Crippen molar-refractivity contribution in [3.05, 3.63) is 47.0 Å². The van der Waals surface area contributed by atoms with Crippen LogP contribution in [-0.4, -0.2) is 25.0 Å². The molecule has 106 valence electrons. The largest absolute Gasteiger partial charge is 0.443 e. The zero-order chi connectivity index (χ0) is 14.2. The van der Waals surface area contributed by atoms with Gasteiger partial charge in [0.15, 0.2) is 0 Å². The van der Waals surface area contributed by atoms with Crippen LogP contribution >= 0.6 is 15.9 Å². The molecule has 1 aliphatic carbocycles. The first-order chi connectivity index (χ1) is 10.3. The molecule has 0 amide bonds. The first-order valence-electron chi connectivity index (χ1n) is 6.73. The molecule has 0 bridgehead atoms. The van der Waals surface area contributed by atoms with Gasteiger partial charge in [0.1, 0.15) is 18.0 Å². The maximum Gasteiger partial charge on any atom is 0.216 e. The predicted molar refractivity (Wildman–Crippen MR) is 78.5 cm³/mol. The SMILES string of the molecule is Brc1cncc(-c2cn(Cc3ncc(C4CC4)o3)nn2)c1. The molecule has 1 aliphatic rings. The van der Waals surface area contributed by atoms with E-state index in [1.165, 1.54) is 12.8 Å². The van der Waals surface area contributed by atoms with Crippen molar-refractivity contribution in [3.8, 4) is 11.3 Å². The molecule has 6 nitrogen and oxygen atoms in total. The Morgan fingerprint density at radius 1 is 1.29 bits per heavy atom. The lowest BCUT2D eigenvalue weighted by Gasteiger charge is -1.96. The van der Waals surface area contributed by atoms with Gasteiger partial charge in [0.25, 0.3) is 0 Å². The van der Waals surface area contributed by atoms with E-state index in [2.05, 4.69) is 36.2 Å². The highest BCUT2D eigenvalue weighted by Crippen LogP contribution is 2.40. The maximum absolute atomic E-state index is 5.73. The highest BCUT2D eigenvalue weighted by Gasteiger charge is 2.27. The van der Waals surface area contributed by atoms with Crippen LogP contribution in [0.3, 0.4) is 0 Å². The van der Waals surface area contributed by atoms with E-state index in [0.29, 0.717) is 18.4 Å². The maximum atomic E-state index is 5.73. The van der Waals surface area contributed by atoms with Crippen molar-refractivity contribution < 1.29 is 4.42 Å². The number of oxazole rings is 1. The van der Waals surface area contributed by atoms with Gasteiger partial charge in [-0.2, -0.15) is 0 Å². The molecule has 0 radical (unpaired) electrons. The lowest BCUT2D eigenvalue weighted by molar-refractivity contribution is 0.431. The quantitative estimate of drug-likeness (QED) is 0.726. The van der Waals surface area contributed by atoms with Crippen molar-refractivity contribution >= 4 is 15.9 Å². The van der Waals surface area contributed by atoms with E-state index in [-0.39, 0.29) is 0 Å². The van der Waals surface area contributed by atoms with E-state index in [9.17, 15) is 0 Å². The highest BCUT2D eigenvalue weighted by molar-refractivity contribution is 9.10. The number of hydrogen-bond acceptors (Lipinski definition) is 5. The van der Waals surface area contributed by atoms with E-state index >= 15 is 0 Å². The summed E-state index contributed by atoms with van der Waals surface area (Å²) in [4.78, 5) is 8.42. The minimum absolute atomic E-state index is 0.487. The molecule has 0 aliphatic heterocycles. The van der Waals surface area contributed by atoms with E-state index in [0.717, 1.165) is 21.5 Å². The molecule has 1 saturated carbocycles. The Morgan fingerprint density at radius 3 is 3.00 bits per heavy atom. The molecule has 0 unspecified atom stereocenters. The number of rotatable bonds is 4. The van der Waals surface area contributed by atoms with E-state index in [1.807, 2.05) is 18.5 Å². The second-order valence-electron chi connectivity index (χ2n) is 5.12. The Labute approximate surface area is 129 Å². The molecule has 7 heteroatoms. The van der Waals surface area contributed by atoms with E-state index in [4.69, 9.17) is 4.42 Å². The average Bonchev–Trinajstić information content (AvgIpc) is 3.05. The summed E-state index contributed by atoms with van der Waals surface area (Å²) in [6.07, 6.45) is 9.60. The van der Waals surface area contributed by atoms with Gasteiger partial charge in [0.05, 0.1) is 12.4 Å². The van der Waals surface area contributed by atoms with Crippen LogP contribution in [-0.2, 0) is 6.54 Å². The Balaban J connectivity index is 1.53. The number of pyridine rings is 1. The third kappa shape index (κ3) is 2.73.